The van der Waals surface area contributed by atoms with E-state index in [9.17, 15) is 9.90 Å². The summed E-state index contributed by atoms with van der Waals surface area (Å²) in [5.41, 5.74) is 2.51. The zero-order chi connectivity index (χ0) is 20.6. The highest BCUT2D eigenvalue weighted by Gasteiger charge is 2.43. The average Bonchev–Trinajstić information content (AvgIpc) is 2.72. The number of amides is 1. The van der Waals surface area contributed by atoms with Crippen molar-refractivity contribution in [1.29, 1.82) is 0 Å². The fourth-order valence-corrected chi connectivity index (χ4v) is 5.76. The lowest BCUT2D eigenvalue weighted by atomic mass is 9.74. The van der Waals surface area contributed by atoms with E-state index in [-0.39, 0.29) is 11.4 Å². The Morgan fingerprint density at radius 3 is 2.41 bits per heavy atom. The summed E-state index contributed by atoms with van der Waals surface area (Å²) in [5, 5.41) is 10.2. The molecule has 0 aliphatic carbocycles. The number of nitrogens with zero attached hydrogens (tertiary/aromatic N) is 3. The Labute approximate surface area is 175 Å². The lowest BCUT2D eigenvalue weighted by molar-refractivity contribution is -0.136. The number of hydrogen-bond donors (Lipinski definition) is 1. The molecule has 0 bridgehead atoms. The molecule has 1 aromatic rings. The van der Waals surface area contributed by atoms with Crippen LogP contribution in [-0.2, 0) is 16.8 Å². The maximum Gasteiger partial charge on any atom is 0.236 e. The number of fused-ring (bicyclic) bond motifs is 2. The van der Waals surface area contributed by atoms with Crippen LogP contribution in [0.5, 0.6) is 0 Å². The maximum atomic E-state index is 12.9. The zero-order valence-electron chi connectivity index (χ0n) is 18.4. The quantitative estimate of drug-likeness (QED) is 0.848. The minimum absolute atomic E-state index is 0.138. The number of benzene rings is 1. The van der Waals surface area contributed by atoms with E-state index in [1.54, 1.807) is 0 Å². The summed E-state index contributed by atoms with van der Waals surface area (Å²) in [4.78, 5) is 19.8. The van der Waals surface area contributed by atoms with Crippen molar-refractivity contribution >= 4 is 5.91 Å². The van der Waals surface area contributed by atoms with Crippen LogP contribution in [0, 0.1) is 5.92 Å². The van der Waals surface area contributed by atoms with Crippen molar-refractivity contribution < 1.29 is 9.90 Å². The topological polar surface area (TPSA) is 47.0 Å². The third-order valence-corrected chi connectivity index (χ3v) is 7.85. The number of carbonyl (C=O) groups is 1. The third kappa shape index (κ3) is 4.10. The molecule has 2 saturated heterocycles. The lowest BCUT2D eigenvalue weighted by Crippen LogP contribution is -2.56. The van der Waals surface area contributed by atoms with Crippen molar-refractivity contribution in [3.05, 3.63) is 35.4 Å². The van der Waals surface area contributed by atoms with Crippen LogP contribution in [-0.4, -0.2) is 77.6 Å². The first kappa shape index (κ1) is 20.8. The lowest BCUT2D eigenvalue weighted by Gasteiger charge is -2.51. The number of aliphatic hydroxyl groups is 1. The minimum atomic E-state index is -0.640. The Morgan fingerprint density at radius 1 is 1.10 bits per heavy atom. The summed E-state index contributed by atoms with van der Waals surface area (Å²) in [6.07, 6.45) is 5.13. The fourth-order valence-electron chi connectivity index (χ4n) is 5.76. The van der Waals surface area contributed by atoms with Gasteiger partial charge in [-0.3, -0.25) is 14.6 Å². The van der Waals surface area contributed by atoms with Gasteiger partial charge in [0.1, 0.15) is 0 Å². The van der Waals surface area contributed by atoms with E-state index in [1.807, 2.05) is 18.7 Å². The molecule has 160 valence electrons. The van der Waals surface area contributed by atoms with E-state index in [0.29, 0.717) is 12.5 Å². The SMILES string of the molecule is CN1CCc2ccccc2C12CCN(CC(=O)N1CCC(C(C)(C)O)CC1)CC2. The molecule has 2 fully saturated rings. The van der Waals surface area contributed by atoms with E-state index >= 15 is 0 Å². The second-order valence-corrected chi connectivity index (χ2v) is 9.95. The molecule has 0 radical (unpaired) electrons. The number of piperidine rings is 2. The van der Waals surface area contributed by atoms with Crippen LogP contribution in [0.4, 0.5) is 0 Å². The van der Waals surface area contributed by atoms with Crippen molar-refractivity contribution in [2.45, 2.75) is 57.1 Å². The Hall–Kier alpha value is -1.43. The van der Waals surface area contributed by atoms with Gasteiger partial charge < -0.3 is 10.0 Å². The number of likely N-dealkylation sites (tertiary alicyclic amines) is 2. The molecule has 3 aliphatic heterocycles. The molecule has 3 heterocycles. The standard InChI is InChI=1S/C24H37N3O2/c1-23(2,29)20-9-14-27(15-10-20)22(28)18-26-16-11-24(12-17-26)21-7-5-4-6-19(21)8-13-25(24)3/h4-7,20,29H,8-18H2,1-3H3. The second-order valence-electron chi connectivity index (χ2n) is 9.95. The molecule has 1 spiro atoms. The molecular formula is C24H37N3O2. The number of hydrogen-bond acceptors (Lipinski definition) is 4. The fraction of sp³-hybridized carbons (Fsp3) is 0.708. The second kappa shape index (κ2) is 8.01. The first-order valence-electron chi connectivity index (χ1n) is 11.3. The van der Waals surface area contributed by atoms with Gasteiger partial charge in [-0.25, -0.2) is 0 Å². The van der Waals surface area contributed by atoms with Crippen molar-refractivity contribution in [3.8, 4) is 0 Å². The molecule has 4 rings (SSSR count). The van der Waals surface area contributed by atoms with Crippen LogP contribution in [0.25, 0.3) is 0 Å². The Kier molecular flexibility index (Phi) is 5.75. The molecule has 0 aromatic heterocycles. The molecule has 29 heavy (non-hydrogen) atoms. The highest BCUT2D eigenvalue weighted by atomic mass is 16.3. The molecule has 1 aromatic carbocycles. The summed E-state index contributed by atoms with van der Waals surface area (Å²) < 4.78 is 0. The summed E-state index contributed by atoms with van der Waals surface area (Å²) in [6, 6.07) is 8.94. The molecule has 0 saturated carbocycles. The highest BCUT2D eigenvalue weighted by molar-refractivity contribution is 5.78. The van der Waals surface area contributed by atoms with E-state index in [2.05, 4.69) is 41.1 Å². The minimum Gasteiger partial charge on any atom is -0.390 e. The Bertz CT molecular complexity index is 726. The molecule has 1 N–H and O–H groups in total. The number of rotatable bonds is 3. The maximum absolute atomic E-state index is 12.9. The molecule has 5 nitrogen and oxygen atoms in total. The van der Waals surface area contributed by atoms with Crippen LogP contribution in [0.3, 0.4) is 0 Å². The van der Waals surface area contributed by atoms with Gasteiger partial charge in [0.05, 0.1) is 12.1 Å². The van der Waals surface area contributed by atoms with E-state index in [1.165, 1.54) is 11.1 Å². The van der Waals surface area contributed by atoms with Crippen molar-refractivity contribution in [2.75, 3.05) is 46.3 Å². The van der Waals surface area contributed by atoms with Crippen molar-refractivity contribution in [3.63, 3.8) is 0 Å². The molecule has 0 atom stereocenters. The Balaban J connectivity index is 1.33. The van der Waals surface area contributed by atoms with Crippen molar-refractivity contribution in [2.24, 2.45) is 5.92 Å². The molecule has 1 amide bonds. The average molecular weight is 400 g/mol. The van der Waals surface area contributed by atoms with Gasteiger partial charge in [0.15, 0.2) is 0 Å². The van der Waals surface area contributed by atoms with Crippen LogP contribution in [0.1, 0.15) is 50.7 Å². The normalized spacial score (nSPS) is 23.9. The summed E-state index contributed by atoms with van der Waals surface area (Å²) in [7, 11) is 2.27. The highest BCUT2D eigenvalue weighted by Crippen LogP contribution is 2.42. The molecule has 5 heteroatoms. The summed E-state index contributed by atoms with van der Waals surface area (Å²) in [5.74, 6) is 0.552. The van der Waals surface area contributed by atoms with E-state index in [4.69, 9.17) is 0 Å². The van der Waals surface area contributed by atoms with Crippen LogP contribution in [0.15, 0.2) is 24.3 Å². The van der Waals surface area contributed by atoms with Gasteiger partial charge in [-0.05, 0) is 70.0 Å². The first-order chi connectivity index (χ1) is 13.8. The van der Waals surface area contributed by atoms with Gasteiger partial charge in [0.2, 0.25) is 5.91 Å². The van der Waals surface area contributed by atoms with Crippen LogP contribution < -0.4 is 0 Å². The van der Waals surface area contributed by atoms with Gasteiger partial charge in [-0.1, -0.05) is 24.3 Å². The van der Waals surface area contributed by atoms with Gasteiger partial charge >= 0.3 is 0 Å². The van der Waals surface area contributed by atoms with Gasteiger partial charge in [-0.15, -0.1) is 0 Å². The van der Waals surface area contributed by atoms with E-state index in [0.717, 1.165) is 64.8 Å². The molecular weight excluding hydrogens is 362 g/mol. The predicted molar refractivity (Wildman–Crippen MR) is 116 cm³/mol. The van der Waals surface area contributed by atoms with Gasteiger partial charge in [0.25, 0.3) is 0 Å². The molecule has 3 aliphatic rings. The van der Waals surface area contributed by atoms with Crippen molar-refractivity contribution in [1.82, 2.24) is 14.7 Å². The van der Waals surface area contributed by atoms with Gasteiger partial charge in [0, 0.05) is 38.3 Å². The predicted octanol–water partition coefficient (Wildman–Crippen LogP) is 2.48. The first-order valence-corrected chi connectivity index (χ1v) is 11.3. The summed E-state index contributed by atoms with van der Waals surface area (Å²) in [6.45, 7) is 8.94. The summed E-state index contributed by atoms with van der Waals surface area (Å²) >= 11 is 0. The Morgan fingerprint density at radius 2 is 1.76 bits per heavy atom. The monoisotopic (exact) mass is 399 g/mol. The van der Waals surface area contributed by atoms with Gasteiger partial charge in [-0.2, -0.15) is 0 Å². The largest absolute Gasteiger partial charge is 0.390 e. The number of likely N-dealkylation sites (N-methyl/N-ethyl adjacent to an activating group) is 1. The molecule has 0 unspecified atom stereocenters. The third-order valence-electron chi connectivity index (χ3n) is 7.85. The number of carbonyl (C=O) groups excluding carboxylic acids is 1. The smallest absolute Gasteiger partial charge is 0.236 e. The van der Waals surface area contributed by atoms with Crippen LogP contribution >= 0.6 is 0 Å². The van der Waals surface area contributed by atoms with Crippen LogP contribution in [0.2, 0.25) is 0 Å². The zero-order valence-corrected chi connectivity index (χ0v) is 18.4. The van der Waals surface area contributed by atoms with E-state index < -0.39 is 5.60 Å².